The van der Waals surface area contributed by atoms with Gasteiger partial charge in [-0.15, -0.1) is 35.3 Å². The fourth-order valence-electron chi connectivity index (χ4n) is 17.1. The summed E-state index contributed by atoms with van der Waals surface area (Å²) in [7, 11) is 0. The summed E-state index contributed by atoms with van der Waals surface area (Å²) in [5, 5.41) is 2.26. The zero-order valence-electron chi connectivity index (χ0n) is 68.0. The van der Waals surface area contributed by atoms with Gasteiger partial charge in [-0.1, -0.05) is 64.2 Å². The summed E-state index contributed by atoms with van der Waals surface area (Å²) in [4.78, 5) is 106. The lowest BCUT2D eigenvalue weighted by Crippen LogP contribution is -2.58. The molecule has 624 valence electrons. The number of rotatable bonds is 18. The minimum atomic E-state index is -0.833. The topological polar surface area (TPSA) is 203 Å². The number of anilines is 3. The molecule has 21 nitrogen and oxygen atoms in total. The van der Waals surface area contributed by atoms with Crippen LogP contribution in [0.5, 0.6) is 0 Å². The molecular weight excluding hydrogens is 1600 g/mol. The monoisotopic (exact) mass is 1690 g/mol. The molecule has 6 aliphatic heterocycles. The fraction of sp³-hybridized carbons (Fsp3) is 0.420. The zero-order chi connectivity index (χ0) is 84.4. The maximum atomic E-state index is 15.2. The molecular formula is C88H98ClF5N12O9S3. The van der Waals surface area contributed by atoms with Crippen molar-refractivity contribution in [1.29, 1.82) is 0 Å². The molecule has 3 amide bonds. The molecule has 15 rings (SSSR count). The largest absolute Gasteiger partial charge is 0.375 e. The molecule has 3 fully saturated rings. The van der Waals surface area contributed by atoms with Gasteiger partial charge >= 0.3 is 17.1 Å². The van der Waals surface area contributed by atoms with Crippen LogP contribution in [0.25, 0.3) is 66.1 Å². The number of nitrogens with zero attached hydrogens (tertiary/aromatic N) is 12. The van der Waals surface area contributed by atoms with Crippen LogP contribution in [0.15, 0.2) is 140 Å². The number of hydrogen-bond donors (Lipinski definition) is 0. The molecule has 3 aromatic heterocycles. The fourth-order valence-corrected chi connectivity index (χ4v) is 21.2. The lowest BCUT2D eigenvalue weighted by atomic mass is 9.97. The van der Waals surface area contributed by atoms with Crippen LogP contribution in [0.2, 0.25) is 5.02 Å². The van der Waals surface area contributed by atoms with E-state index in [0.717, 1.165) is 90.7 Å². The Hall–Kier alpha value is -9.36. The predicted molar refractivity (Wildman–Crippen MR) is 461 cm³/mol. The number of ether oxygens (including phenoxy) is 3. The number of aryl methyl sites for hydroxylation is 3. The highest BCUT2D eigenvalue weighted by atomic mass is 35.5. The van der Waals surface area contributed by atoms with Gasteiger partial charge < -0.3 is 43.6 Å². The molecule has 30 heteroatoms. The molecule has 118 heavy (non-hydrogen) atoms. The maximum absolute atomic E-state index is 15.2. The first-order chi connectivity index (χ1) is 56.6. The highest BCUT2D eigenvalue weighted by Gasteiger charge is 2.39. The Morgan fingerprint density at radius 3 is 1.21 bits per heavy atom. The van der Waals surface area contributed by atoms with Crippen molar-refractivity contribution in [2.75, 3.05) is 104 Å². The van der Waals surface area contributed by atoms with Crippen molar-refractivity contribution < 1.29 is 50.5 Å². The van der Waals surface area contributed by atoms with Crippen LogP contribution < -0.4 is 31.8 Å². The van der Waals surface area contributed by atoms with E-state index in [1.54, 1.807) is 47.4 Å². The Balaban J connectivity index is 0.000000153. The van der Waals surface area contributed by atoms with E-state index in [4.69, 9.17) is 25.8 Å². The van der Waals surface area contributed by atoms with Crippen LogP contribution in [0.1, 0.15) is 84.4 Å². The first kappa shape index (κ1) is 86.5. The minimum Gasteiger partial charge on any atom is -0.375 e. The van der Waals surface area contributed by atoms with Gasteiger partial charge in [0.1, 0.15) is 46.5 Å². The van der Waals surface area contributed by atoms with Crippen molar-refractivity contribution in [2.45, 2.75) is 165 Å². The van der Waals surface area contributed by atoms with Gasteiger partial charge in [-0.3, -0.25) is 28.1 Å². The molecule has 0 radical (unpaired) electrons. The van der Waals surface area contributed by atoms with E-state index < -0.39 is 34.6 Å². The Labute approximate surface area is 700 Å². The third-order valence-corrected chi connectivity index (χ3v) is 26.2. The van der Waals surface area contributed by atoms with Crippen LogP contribution >= 0.6 is 46.9 Å². The highest BCUT2D eigenvalue weighted by Crippen LogP contribution is 2.49. The van der Waals surface area contributed by atoms with Crippen molar-refractivity contribution in [1.82, 2.24) is 43.4 Å². The van der Waals surface area contributed by atoms with E-state index in [-0.39, 0.29) is 87.9 Å². The molecule has 0 saturated carbocycles. The molecule has 3 unspecified atom stereocenters. The molecule has 6 aromatic carbocycles. The van der Waals surface area contributed by atoms with Crippen molar-refractivity contribution in [3.8, 4) is 33.4 Å². The molecule has 0 aliphatic carbocycles. The Kier molecular flexibility index (Phi) is 27.2. The van der Waals surface area contributed by atoms with Crippen LogP contribution in [-0.4, -0.2) is 193 Å². The average molecular weight is 1690 g/mol. The van der Waals surface area contributed by atoms with Crippen LogP contribution in [0.4, 0.5) is 39.4 Å². The third kappa shape index (κ3) is 17.5. The molecule has 0 N–H and O–H groups in total. The number of carbonyl (C=O) groups is 3. The van der Waals surface area contributed by atoms with E-state index >= 15 is 8.78 Å². The minimum absolute atomic E-state index is 0.0746. The molecule has 7 atom stereocenters. The van der Waals surface area contributed by atoms with Gasteiger partial charge in [0.25, 0.3) is 0 Å². The van der Waals surface area contributed by atoms with Gasteiger partial charge in [0, 0.05) is 184 Å². The number of thioether (sulfide) groups is 3. The number of hydrogen-bond acceptors (Lipinski definition) is 18. The molecule has 9 heterocycles. The van der Waals surface area contributed by atoms with Crippen LogP contribution in [-0.2, 0) is 48.2 Å². The van der Waals surface area contributed by atoms with Gasteiger partial charge in [-0.25, -0.2) is 36.3 Å². The molecule has 0 spiro atoms. The predicted octanol–water partition coefficient (Wildman–Crippen LogP) is 15.2. The van der Waals surface area contributed by atoms with Gasteiger partial charge in [0.2, 0.25) is 17.7 Å². The molecule has 3 saturated heterocycles. The summed E-state index contributed by atoms with van der Waals surface area (Å²) < 4.78 is 95.3. The first-order valence-corrected chi connectivity index (χ1v) is 43.3. The normalized spacial score (nSPS) is 19.9. The SMILES string of the molecule is C=CC(=O)N1CCN(c2nc(=O)n3c4c(c(-c5cc(Cl)c(F)cc5F)c(C)cc24)SCC(OCCC)C3)CC1.C=CC(=O)N1[C@H](C)CN(c2nc(=O)n3c4c(c(-c5ccc(F)cc5)c(C)cc24)SCC(OCCC)C3)C[C@@H]1C.C=CC(=O)N1[C@H](C)CN(c2nc(=O)n3c4c(c(-c5ccc(F)cc5F)c(C)cc24)SCC(OCCC)C3)C[C@@H]1C. The van der Waals surface area contributed by atoms with Crippen molar-refractivity contribution >= 4 is 115 Å². The van der Waals surface area contributed by atoms with E-state index in [2.05, 4.69) is 64.4 Å². The van der Waals surface area contributed by atoms with E-state index in [1.807, 2.05) is 77.3 Å². The number of piperazine rings is 3. The lowest BCUT2D eigenvalue weighted by molar-refractivity contribution is -0.131. The molecule has 0 bridgehead atoms. The van der Waals surface area contributed by atoms with Crippen LogP contribution in [0.3, 0.4) is 0 Å². The summed E-state index contributed by atoms with van der Waals surface area (Å²) in [5.74, 6) is 0.0110. The maximum Gasteiger partial charge on any atom is 0.350 e. The van der Waals surface area contributed by atoms with Gasteiger partial charge in [0.15, 0.2) is 0 Å². The highest BCUT2D eigenvalue weighted by molar-refractivity contribution is 8.00. The average Bonchev–Trinajstić information content (AvgIpc) is 1.30. The van der Waals surface area contributed by atoms with Crippen molar-refractivity contribution in [2.24, 2.45) is 0 Å². The Morgan fingerprint density at radius 1 is 0.458 bits per heavy atom. The Morgan fingerprint density at radius 2 is 0.822 bits per heavy atom. The van der Waals surface area contributed by atoms with Gasteiger partial charge in [0.05, 0.1) is 59.5 Å². The third-order valence-electron chi connectivity index (χ3n) is 22.2. The van der Waals surface area contributed by atoms with Gasteiger partial charge in [-0.05, 0) is 157 Å². The number of amides is 3. The molecule has 6 aliphatic rings. The second-order valence-corrected chi connectivity index (χ2v) is 34.3. The summed E-state index contributed by atoms with van der Waals surface area (Å²) in [5.41, 5.74) is 7.14. The number of halogens is 6. The second-order valence-electron chi connectivity index (χ2n) is 30.8. The summed E-state index contributed by atoms with van der Waals surface area (Å²) in [6.45, 7) is 37.6. The van der Waals surface area contributed by atoms with Crippen molar-refractivity contribution in [3.05, 3.63) is 193 Å². The number of benzene rings is 6. The zero-order valence-corrected chi connectivity index (χ0v) is 71.2. The second kappa shape index (κ2) is 37.1. The van der Waals surface area contributed by atoms with Gasteiger partial charge in [-0.2, -0.15) is 15.0 Å². The molecule has 9 aromatic rings. The standard InChI is InChI=1S/C30H34F2N4O3S.C30H35FN4O3S.C28H29ClF2N4O3S/c1-6-10-39-21-15-35-27-23(11-17(3)26(28(27)40-16-21)22-9-8-20(31)12-24(22)32)29(33-30(35)38)34-13-18(4)36(19(5)14-34)25(37)7-2;1-6-12-38-23-16-34-27-24(13-18(3)26(28(27)39-17-23)21-8-10-22(31)11-9-21)29(32-30(34)37)33-14-19(4)35(20(5)15-33)25(36)7-2;1-4-10-38-17-14-35-25-19(27(32-28(35)37)34-8-6-33(7-9-34)23(36)5-2)11-16(3)24(26(25)39-15-17)18-12-20(29)22(31)13-21(18)30/h7-9,11-12,18-19,21H,2,6,10,13-16H2,1,3-5H3;7-11,13,19-20,23H,2,6,12,14-17H2,1,3-5H3;5,11-13,17H,2,4,6-10,14-15H2,1,3H3/t18-,19+,21?;19-,20+,23?;. The number of carbonyl (C=O) groups excluding carboxylic acids is 3. The quantitative estimate of drug-likeness (QED) is 0.0445. The summed E-state index contributed by atoms with van der Waals surface area (Å²) >= 11 is 10.8. The number of aromatic nitrogens is 6. The Bertz CT molecular complexity index is 5590. The smallest absolute Gasteiger partial charge is 0.350 e. The summed E-state index contributed by atoms with van der Waals surface area (Å²) in [6.07, 6.45) is 5.94. The van der Waals surface area contributed by atoms with Crippen LogP contribution in [0, 0.1) is 49.9 Å². The van der Waals surface area contributed by atoms with E-state index in [1.165, 1.54) is 72.1 Å². The first-order valence-electron chi connectivity index (χ1n) is 40.0. The van der Waals surface area contributed by atoms with E-state index in [9.17, 15) is 41.9 Å². The lowest BCUT2D eigenvalue weighted by Gasteiger charge is -2.44. The van der Waals surface area contributed by atoms with E-state index in [0.29, 0.717) is 154 Å². The van der Waals surface area contributed by atoms with Crippen molar-refractivity contribution in [3.63, 3.8) is 0 Å². The summed E-state index contributed by atoms with van der Waals surface area (Å²) in [6, 6.07) is 17.7.